The van der Waals surface area contributed by atoms with Gasteiger partial charge in [0.2, 0.25) is 0 Å². The van der Waals surface area contributed by atoms with Crippen molar-refractivity contribution in [3.63, 3.8) is 0 Å². The Morgan fingerprint density at radius 2 is 2.00 bits per heavy atom. The van der Waals surface area contributed by atoms with E-state index in [1.165, 1.54) is 0 Å². The number of halogens is 1. The van der Waals surface area contributed by atoms with Crippen molar-refractivity contribution in [1.29, 1.82) is 0 Å². The standard InChI is InChI=1S/C18H26N4O2S.HI/c1-5-17-22-14(12-25-17)11-21-18(19-6-2)20-10-13-7-8-15(23-3)9-16(13)24-4;/h7-9,12H,5-6,10-11H2,1-4H3,(H2,19,20,21);1H. The summed E-state index contributed by atoms with van der Waals surface area (Å²) in [6.07, 6.45) is 0.968. The molecule has 0 aliphatic rings. The first-order valence-electron chi connectivity index (χ1n) is 8.36. The Hall–Kier alpha value is -1.55. The highest BCUT2D eigenvalue weighted by atomic mass is 127. The molecule has 26 heavy (non-hydrogen) atoms. The number of hydrogen-bond donors (Lipinski definition) is 2. The van der Waals surface area contributed by atoms with E-state index >= 15 is 0 Å². The van der Waals surface area contributed by atoms with Crippen LogP contribution in [0.2, 0.25) is 0 Å². The van der Waals surface area contributed by atoms with Gasteiger partial charge in [-0.05, 0) is 25.5 Å². The molecule has 1 aromatic carbocycles. The smallest absolute Gasteiger partial charge is 0.191 e. The molecule has 0 aliphatic carbocycles. The molecule has 0 fully saturated rings. The van der Waals surface area contributed by atoms with Crippen LogP contribution in [0, 0.1) is 0 Å². The fourth-order valence-electron chi connectivity index (χ4n) is 2.26. The van der Waals surface area contributed by atoms with E-state index < -0.39 is 0 Å². The summed E-state index contributed by atoms with van der Waals surface area (Å²) in [6, 6.07) is 5.75. The normalized spacial score (nSPS) is 10.8. The Balaban J connectivity index is 0.00000338. The lowest BCUT2D eigenvalue weighted by Crippen LogP contribution is -2.36. The summed E-state index contributed by atoms with van der Waals surface area (Å²) >= 11 is 1.69. The maximum atomic E-state index is 5.43. The first-order chi connectivity index (χ1) is 12.2. The minimum absolute atomic E-state index is 0. The summed E-state index contributed by atoms with van der Waals surface area (Å²) in [5, 5.41) is 9.81. The molecule has 0 amide bonds. The molecule has 0 unspecified atom stereocenters. The SMILES string of the molecule is CCNC(=NCc1ccc(OC)cc1OC)NCc1csc(CC)n1.I. The molecule has 0 spiro atoms. The van der Waals surface area contributed by atoms with E-state index in [1.54, 1.807) is 25.6 Å². The van der Waals surface area contributed by atoms with E-state index in [4.69, 9.17) is 9.47 Å². The molecule has 8 heteroatoms. The van der Waals surface area contributed by atoms with Gasteiger partial charge in [0.25, 0.3) is 0 Å². The van der Waals surface area contributed by atoms with Crippen LogP contribution in [0.25, 0.3) is 0 Å². The molecule has 2 aromatic rings. The molecule has 1 aromatic heterocycles. The molecule has 1 heterocycles. The van der Waals surface area contributed by atoms with Gasteiger partial charge in [0.15, 0.2) is 5.96 Å². The number of thiazole rings is 1. The predicted molar refractivity (Wildman–Crippen MR) is 118 cm³/mol. The van der Waals surface area contributed by atoms with Gasteiger partial charge < -0.3 is 20.1 Å². The number of guanidine groups is 1. The molecule has 0 aliphatic heterocycles. The summed E-state index contributed by atoms with van der Waals surface area (Å²) in [5.41, 5.74) is 2.04. The van der Waals surface area contributed by atoms with Crippen molar-refractivity contribution in [2.45, 2.75) is 33.4 Å². The summed E-state index contributed by atoms with van der Waals surface area (Å²) in [4.78, 5) is 9.20. The van der Waals surface area contributed by atoms with Gasteiger partial charge in [-0.2, -0.15) is 0 Å². The zero-order chi connectivity index (χ0) is 18.1. The van der Waals surface area contributed by atoms with Gasteiger partial charge in [-0.25, -0.2) is 9.98 Å². The third-order valence-electron chi connectivity index (χ3n) is 3.58. The summed E-state index contributed by atoms with van der Waals surface area (Å²) in [7, 11) is 3.29. The molecule has 2 rings (SSSR count). The third kappa shape index (κ3) is 6.64. The van der Waals surface area contributed by atoms with Crippen molar-refractivity contribution in [3.8, 4) is 11.5 Å². The van der Waals surface area contributed by atoms with E-state index in [-0.39, 0.29) is 24.0 Å². The van der Waals surface area contributed by atoms with Gasteiger partial charge in [0.05, 0.1) is 38.0 Å². The van der Waals surface area contributed by atoms with Crippen LogP contribution < -0.4 is 20.1 Å². The van der Waals surface area contributed by atoms with Gasteiger partial charge >= 0.3 is 0 Å². The van der Waals surface area contributed by atoms with Crippen LogP contribution in [-0.4, -0.2) is 31.7 Å². The Morgan fingerprint density at radius 3 is 2.62 bits per heavy atom. The van der Waals surface area contributed by atoms with Gasteiger partial charge in [0.1, 0.15) is 11.5 Å². The Morgan fingerprint density at radius 1 is 1.19 bits per heavy atom. The molecule has 0 atom stereocenters. The Bertz CT molecular complexity index is 706. The zero-order valence-corrected chi connectivity index (χ0v) is 18.8. The number of aromatic nitrogens is 1. The molecule has 2 N–H and O–H groups in total. The summed E-state index contributed by atoms with van der Waals surface area (Å²) in [6.45, 7) is 6.12. The van der Waals surface area contributed by atoms with Crippen molar-refractivity contribution < 1.29 is 9.47 Å². The largest absolute Gasteiger partial charge is 0.497 e. The van der Waals surface area contributed by atoms with E-state index in [2.05, 4.69) is 32.9 Å². The second-order valence-electron chi connectivity index (χ2n) is 5.31. The number of rotatable bonds is 8. The van der Waals surface area contributed by atoms with Crippen molar-refractivity contribution >= 4 is 41.3 Å². The van der Waals surface area contributed by atoms with Gasteiger partial charge in [-0.3, -0.25) is 0 Å². The second-order valence-corrected chi connectivity index (χ2v) is 6.26. The van der Waals surface area contributed by atoms with Crippen LogP contribution in [0.5, 0.6) is 11.5 Å². The number of benzene rings is 1. The monoisotopic (exact) mass is 490 g/mol. The average Bonchev–Trinajstić information content (AvgIpc) is 3.12. The van der Waals surface area contributed by atoms with E-state index in [1.807, 2.05) is 25.1 Å². The molecule has 0 saturated carbocycles. The molecular weight excluding hydrogens is 463 g/mol. The van der Waals surface area contributed by atoms with Crippen molar-refractivity contribution in [1.82, 2.24) is 15.6 Å². The van der Waals surface area contributed by atoms with Gasteiger partial charge in [0, 0.05) is 23.6 Å². The van der Waals surface area contributed by atoms with Crippen LogP contribution in [0.1, 0.15) is 30.1 Å². The predicted octanol–water partition coefficient (Wildman–Crippen LogP) is 3.60. The second kappa shape index (κ2) is 11.9. The number of aryl methyl sites for hydroxylation is 1. The van der Waals surface area contributed by atoms with E-state index in [0.717, 1.165) is 46.7 Å². The van der Waals surface area contributed by atoms with Crippen LogP contribution in [-0.2, 0) is 19.5 Å². The topological polar surface area (TPSA) is 67.8 Å². The van der Waals surface area contributed by atoms with Gasteiger partial charge in [-0.1, -0.05) is 6.92 Å². The Labute approximate surface area is 176 Å². The number of nitrogens with one attached hydrogen (secondary N) is 2. The number of methoxy groups -OCH3 is 2. The third-order valence-corrected chi connectivity index (χ3v) is 4.63. The maximum absolute atomic E-state index is 5.43. The maximum Gasteiger partial charge on any atom is 0.191 e. The van der Waals surface area contributed by atoms with Gasteiger partial charge in [-0.15, -0.1) is 35.3 Å². The first kappa shape index (κ1) is 22.5. The molecular formula is C18H27IN4O2S. The number of aliphatic imine (C=N–C) groups is 1. The number of hydrogen-bond acceptors (Lipinski definition) is 5. The van der Waals surface area contributed by atoms with Crippen LogP contribution >= 0.6 is 35.3 Å². The average molecular weight is 490 g/mol. The Kier molecular flexibility index (Phi) is 10.3. The lowest BCUT2D eigenvalue weighted by atomic mass is 10.2. The quantitative estimate of drug-likeness (QED) is 0.336. The minimum Gasteiger partial charge on any atom is -0.497 e. The summed E-state index contributed by atoms with van der Waals surface area (Å²) in [5.74, 6) is 2.29. The highest BCUT2D eigenvalue weighted by Gasteiger charge is 2.06. The zero-order valence-electron chi connectivity index (χ0n) is 15.7. The number of ether oxygens (including phenoxy) is 2. The fourth-order valence-corrected chi connectivity index (χ4v) is 3.00. The van der Waals surface area contributed by atoms with Crippen LogP contribution in [0.15, 0.2) is 28.6 Å². The van der Waals surface area contributed by atoms with Crippen LogP contribution in [0.4, 0.5) is 0 Å². The van der Waals surface area contributed by atoms with Crippen molar-refractivity contribution in [2.75, 3.05) is 20.8 Å². The first-order valence-corrected chi connectivity index (χ1v) is 9.24. The highest BCUT2D eigenvalue weighted by molar-refractivity contribution is 14.0. The molecule has 0 saturated heterocycles. The van der Waals surface area contributed by atoms with E-state index in [0.29, 0.717) is 13.1 Å². The fraction of sp³-hybridized carbons (Fsp3) is 0.444. The highest BCUT2D eigenvalue weighted by Crippen LogP contribution is 2.25. The van der Waals surface area contributed by atoms with Crippen LogP contribution in [0.3, 0.4) is 0 Å². The minimum atomic E-state index is 0. The molecule has 0 radical (unpaired) electrons. The lowest BCUT2D eigenvalue weighted by molar-refractivity contribution is 0.391. The molecule has 144 valence electrons. The lowest BCUT2D eigenvalue weighted by Gasteiger charge is -2.12. The van der Waals surface area contributed by atoms with E-state index in [9.17, 15) is 0 Å². The number of nitrogens with zero attached hydrogens (tertiary/aromatic N) is 2. The molecule has 6 nitrogen and oxygen atoms in total. The van der Waals surface area contributed by atoms with Crippen molar-refractivity contribution in [3.05, 3.63) is 39.8 Å². The molecule has 0 bridgehead atoms. The summed E-state index contributed by atoms with van der Waals surface area (Å²) < 4.78 is 10.7. The van der Waals surface area contributed by atoms with Crippen molar-refractivity contribution in [2.24, 2.45) is 4.99 Å².